The van der Waals surface area contributed by atoms with Gasteiger partial charge in [-0.15, -0.1) is 0 Å². The third-order valence-electron chi connectivity index (χ3n) is 21.3. The number of anilines is 3. The third kappa shape index (κ3) is 11.0. The van der Waals surface area contributed by atoms with Gasteiger partial charge >= 0.3 is 0 Å². The summed E-state index contributed by atoms with van der Waals surface area (Å²) in [7, 11) is 0. The van der Waals surface area contributed by atoms with E-state index in [2.05, 4.69) is 156 Å². The molecule has 5 aromatic rings. The summed E-state index contributed by atoms with van der Waals surface area (Å²) < 4.78 is 0. The number of nitrogens with two attached hydrogens (primary N) is 1. The van der Waals surface area contributed by atoms with Crippen molar-refractivity contribution in [2.75, 3.05) is 16.4 Å². The Morgan fingerprint density at radius 3 is 1.42 bits per heavy atom. The Bertz CT molecular complexity index is 2890. The molecular formula is C73H97N5O. The van der Waals surface area contributed by atoms with Gasteiger partial charge < -0.3 is 27.0 Å². The molecular weight excluding hydrogens is 963 g/mol. The number of carbonyl (C=O) groups is 1. The van der Waals surface area contributed by atoms with E-state index in [0.717, 1.165) is 75.1 Å². The van der Waals surface area contributed by atoms with Crippen LogP contribution in [-0.2, 0) is 10.8 Å². The molecule has 18 rings (SSSR count). The van der Waals surface area contributed by atoms with Gasteiger partial charge in [0.1, 0.15) is 0 Å². The fraction of sp³-hybridized carbons (Fsp3) is 0.575. The lowest BCUT2D eigenvalue weighted by Gasteiger charge is -2.63. The standard InChI is InChI=1S/C19H28N2.2C19H27N.C16H15NO/c1-13(2)21-19-10-14-7-15(11-19)9-18(8-14,12-19)16-3-5-17(20)6-4-16;1-13(2)20-19-10-14-8-18(3,12-19)9-15(11-19)17-7-5-4-6-16(14)17;1-13(2)20-18-5-3-17(4-6-18)19-10-14-7-15(11-19)9-16(8-14)12-19;1-10(2)17-11-7-8-13-12-5-3-4-6-14(12)16(18)15(13)9-11/h3-6,13-15,21H,7-12,20H2,1-2H3;4-7,13-15,20H,8-12H2,1-3H3;3-6,13-16,20H,7-12H2,1-2H3;3-10,17H,1-2H3. The highest BCUT2D eigenvalue weighted by atomic mass is 16.1. The molecule has 13 aliphatic carbocycles. The van der Waals surface area contributed by atoms with Crippen LogP contribution in [0.2, 0.25) is 0 Å². The molecule has 6 N–H and O–H groups in total. The van der Waals surface area contributed by atoms with Gasteiger partial charge in [0.15, 0.2) is 5.78 Å². The SMILES string of the molecule is CC(C)NC12CC3CC(C)(CC(C1)c1ccccc13)C2.CC(C)NC12CC3CC(C1)CC(c1ccc(N)cc1)(C3)C2.CC(C)Nc1ccc(C23CC4CC(CC(C4)C2)C3)cc1.CC(C)Nc1ccc2c(c1)C(=O)c1ccccc1-2. The molecule has 5 aromatic carbocycles. The van der Waals surface area contributed by atoms with Crippen molar-refractivity contribution in [1.29, 1.82) is 0 Å². The van der Waals surface area contributed by atoms with Crippen LogP contribution < -0.4 is 27.0 Å². The van der Waals surface area contributed by atoms with E-state index in [-0.39, 0.29) is 5.78 Å². The molecule has 420 valence electrons. The summed E-state index contributed by atoms with van der Waals surface area (Å²) >= 11 is 0. The van der Waals surface area contributed by atoms with Gasteiger partial charge in [-0.1, -0.05) is 113 Å². The Morgan fingerprint density at radius 1 is 0.430 bits per heavy atom. The van der Waals surface area contributed by atoms with Gasteiger partial charge in [-0.2, -0.15) is 0 Å². The monoisotopic (exact) mass is 1060 g/mol. The molecule has 79 heavy (non-hydrogen) atoms. The lowest BCUT2D eigenvalue weighted by Crippen LogP contribution is -2.64. The van der Waals surface area contributed by atoms with Crippen molar-refractivity contribution < 1.29 is 4.79 Å². The summed E-state index contributed by atoms with van der Waals surface area (Å²) in [6.07, 6.45) is 24.3. The maximum atomic E-state index is 12.3. The molecule has 12 bridgehead atoms. The van der Waals surface area contributed by atoms with Crippen LogP contribution in [-0.4, -0.2) is 41.0 Å². The number of nitrogens with one attached hydrogen (secondary N) is 4. The Kier molecular flexibility index (Phi) is 14.6. The van der Waals surface area contributed by atoms with Crippen LogP contribution in [0.25, 0.3) is 11.1 Å². The van der Waals surface area contributed by atoms with E-state index < -0.39 is 0 Å². The molecule has 6 nitrogen and oxygen atoms in total. The van der Waals surface area contributed by atoms with Gasteiger partial charge in [0, 0.05) is 63.4 Å². The minimum atomic E-state index is 0.132. The molecule has 0 aromatic heterocycles. The van der Waals surface area contributed by atoms with Crippen molar-refractivity contribution in [1.82, 2.24) is 10.6 Å². The summed E-state index contributed by atoms with van der Waals surface area (Å²) in [4.78, 5) is 12.3. The van der Waals surface area contributed by atoms with Crippen molar-refractivity contribution in [2.24, 2.45) is 35.0 Å². The third-order valence-corrected chi connectivity index (χ3v) is 21.3. The average Bonchev–Trinajstić information content (AvgIpc) is 3.56. The van der Waals surface area contributed by atoms with E-state index in [1.807, 2.05) is 42.5 Å². The number of fused-ring (bicyclic) bond motifs is 3. The van der Waals surface area contributed by atoms with Crippen LogP contribution in [0.1, 0.15) is 221 Å². The Balaban J connectivity index is 0.000000105. The predicted molar refractivity (Wildman–Crippen MR) is 331 cm³/mol. The van der Waals surface area contributed by atoms with Crippen molar-refractivity contribution in [3.8, 4) is 11.1 Å². The lowest BCUT2D eigenvalue weighted by molar-refractivity contribution is -0.0439. The maximum Gasteiger partial charge on any atom is 0.194 e. The molecule has 6 heteroatoms. The molecule has 4 atom stereocenters. The summed E-state index contributed by atoms with van der Waals surface area (Å²) in [6.45, 7) is 20.3. The Hall–Kier alpha value is -4.91. The van der Waals surface area contributed by atoms with E-state index in [4.69, 9.17) is 5.73 Å². The number of nitrogen functional groups attached to an aromatic ring is 1. The molecule has 13 aliphatic rings. The van der Waals surface area contributed by atoms with Crippen molar-refractivity contribution in [3.05, 3.63) is 149 Å². The van der Waals surface area contributed by atoms with E-state index in [0.29, 0.717) is 51.5 Å². The zero-order valence-electron chi connectivity index (χ0n) is 49.8. The van der Waals surface area contributed by atoms with Crippen LogP contribution in [0, 0.1) is 35.0 Å². The van der Waals surface area contributed by atoms with Crippen LogP contribution in [0.3, 0.4) is 0 Å². The zero-order chi connectivity index (χ0) is 55.1. The molecule has 0 aliphatic heterocycles. The first-order valence-corrected chi connectivity index (χ1v) is 31.7. The largest absolute Gasteiger partial charge is 0.399 e. The van der Waals surface area contributed by atoms with Crippen molar-refractivity contribution >= 4 is 22.8 Å². The van der Waals surface area contributed by atoms with Gasteiger partial charge in [0.2, 0.25) is 0 Å². The lowest BCUT2D eigenvalue weighted by atomic mass is 9.45. The normalized spacial score (nSPS) is 34.0. The molecule has 0 saturated heterocycles. The minimum Gasteiger partial charge on any atom is -0.399 e. The molecule has 10 saturated carbocycles. The van der Waals surface area contributed by atoms with Crippen LogP contribution >= 0.6 is 0 Å². The van der Waals surface area contributed by atoms with Crippen molar-refractivity contribution in [3.63, 3.8) is 0 Å². The number of rotatable bonds is 10. The molecule has 0 radical (unpaired) electrons. The summed E-state index contributed by atoms with van der Waals surface area (Å²) in [5, 5.41) is 14.8. The van der Waals surface area contributed by atoms with Crippen LogP contribution in [0.5, 0.6) is 0 Å². The number of ketones is 1. The Morgan fingerprint density at radius 2 is 0.873 bits per heavy atom. The number of hydrogen-bond donors (Lipinski definition) is 5. The van der Waals surface area contributed by atoms with Gasteiger partial charge in [-0.3, -0.25) is 4.79 Å². The predicted octanol–water partition coefficient (Wildman–Crippen LogP) is 17.1. The maximum absolute atomic E-state index is 12.3. The van der Waals surface area contributed by atoms with Gasteiger partial charge in [-0.25, -0.2) is 0 Å². The van der Waals surface area contributed by atoms with Gasteiger partial charge in [0.05, 0.1) is 0 Å². The summed E-state index contributed by atoms with van der Waals surface area (Å²) in [5.74, 6) is 6.66. The number of carbonyl (C=O) groups excluding carboxylic acids is 1. The van der Waals surface area contributed by atoms with E-state index in [1.165, 1.54) is 115 Å². The van der Waals surface area contributed by atoms with Crippen molar-refractivity contribution in [2.45, 2.75) is 229 Å². The Labute approximate surface area is 476 Å². The zero-order valence-corrected chi connectivity index (χ0v) is 49.8. The van der Waals surface area contributed by atoms with Crippen LogP contribution in [0.15, 0.2) is 115 Å². The number of benzene rings is 5. The van der Waals surface area contributed by atoms with Crippen LogP contribution in [0.4, 0.5) is 17.1 Å². The minimum absolute atomic E-state index is 0.132. The van der Waals surface area contributed by atoms with E-state index in [1.54, 1.807) is 22.3 Å². The second-order valence-corrected chi connectivity index (χ2v) is 29.9. The highest BCUT2D eigenvalue weighted by molar-refractivity contribution is 6.22. The molecule has 10 fully saturated rings. The first kappa shape index (κ1) is 54.7. The molecule has 4 unspecified atom stereocenters. The van der Waals surface area contributed by atoms with E-state index in [9.17, 15) is 4.79 Å². The fourth-order valence-corrected chi connectivity index (χ4v) is 20.4. The molecule has 0 spiro atoms. The smallest absolute Gasteiger partial charge is 0.194 e. The summed E-state index contributed by atoms with van der Waals surface area (Å²) in [6, 6.07) is 43.4. The topological polar surface area (TPSA) is 91.2 Å². The summed E-state index contributed by atoms with van der Waals surface area (Å²) in [5.41, 5.74) is 21.6. The highest BCUT2D eigenvalue weighted by Gasteiger charge is 2.59. The van der Waals surface area contributed by atoms with E-state index >= 15 is 0 Å². The quantitative estimate of drug-likeness (QED) is 0.0878. The fourth-order valence-electron chi connectivity index (χ4n) is 20.4. The van der Waals surface area contributed by atoms with Gasteiger partial charge in [0.25, 0.3) is 0 Å². The molecule has 0 amide bonds. The average molecular weight is 1060 g/mol. The van der Waals surface area contributed by atoms with Gasteiger partial charge in [-0.05, 0) is 264 Å². The number of hydrogen-bond acceptors (Lipinski definition) is 6. The highest BCUT2D eigenvalue weighted by Crippen LogP contribution is 2.65. The first-order valence-electron chi connectivity index (χ1n) is 31.7. The second-order valence-electron chi connectivity index (χ2n) is 29.9. The molecule has 0 heterocycles. The first-order chi connectivity index (χ1) is 37.8. The second kappa shape index (κ2) is 21.1.